The third kappa shape index (κ3) is 5.26. The first-order valence-corrected chi connectivity index (χ1v) is 7.58. The van der Waals surface area contributed by atoms with Crippen molar-refractivity contribution in [1.29, 1.82) is 0 Å². The quantitative estimate of drug-likeness (QED) is 0.515. The van der Waals surface area contributed by atoms with E-state index in [9.17, 15) is 18.4 Å². The van der Waals surface area contributed by atoms with Gasteiger partial charge in [0.15, 0.2) is 0 Å². The molecule has 1 aliphatic rings. The van der Waals surface area contributed by atoms with Crippen LogP contribution in [0.1, 0.15) is 32.8 Å². The zero-order chi connectivity index (χ0) is 18.0. The molecule has 0 aromatic heterocycles. The number of hydrazine groups is 1. The van der Waals surface area contributed by atoms with Crippen LogP contribution in [-0.4, -0.2) is 29.7 Å². The summed E-state index contributed by atoms with van der Waals surface area (Å²) in [6.45, 7) is 6.24. The van der Waals surface area contributed by atoms with Crippen LogP contribution in [0.5, 0.6) is 0 Å². The Bertz CT molecular complexity index is 599. The van der Waals surface area contributed by atoms with Crippen molar-refractivity contribution in [1.82, 2.24) is 5.59 Å². The van der Waals surface area contributed by atoms with E-state index in [1.165, 1.54) is 6.07 Å². The van der Waals surface area contributed by atoms with Gasteiger partial charge in [-0.25, -0.2) is 4.84 Å². The van der Waals surface area contributed by atoms with Gasteiger partial charge in [-0.1, -0.05) is 6.07 Å². The summed E-state index contributed by atoms with van der Waals surface area (Å²) in [6.07, 6.45) is -4.09. The van der Waals surface area contributed by atoms with Crippen LogP contribution in [0.3, 0.4) is 0 Å². The fourth-order valence-electron chi connectivity index (χ4n) is 2.35. The standard InChI is InChI=1S/C15H21F3N4O2/c1-14(2,3)19-22(23)20-24-13-7-8-21(10-13)12-6-4-5-11(9-12)15(16,17)18/h4-6,9,13H,7-8,10H2,1-3H3,(H,19,20)/t13-/m1/s1. The molecule has 134 valence electrons. The fourth-order valence-corrected chi connectivity index (χ4v) is 2.35. The van der Waals surface area contributed by atoms with E-state index in [-0.39, 0.29) is 11.1 Å². The third-order valence-electron chi connectivity index (χ3n) is 3.37. The SMILES string of the molecule is CC(C)(C)N=[N+]([O-])NO[C@@H]1CCN(c2cccc(C(F)(F)F)c2)C1. The lowest BCUT2D eigenvalue weighted by atomic mass is 10.1. The molecule has 24 heavy (non-hydrogen) atoms. The molecule has 1 N–H and O–H groups in total. The van der Waals surface area contributed by atoms with Gasteiger partial charge in [-0.2, -0.15) is 13.2 Å². The minimum Gasteiger partial charge on any atom is -0.570 e. The lowest BCUT2D eigenvalue weighted by Gasteiger charge is -2.19. The van der Waals surface area contributed by atoms with Crippen LogP contribution in [0.2, 0.25) is 0 Å². The zero-order valence-corrected chi connectivity index (χ0v) is 13.8. The van der Waals surface area contributed by atoms with Gasteiger partial charge >= 0.3 is 6.18 Å². The normalized spacial score (nSPS) is 19.7. The van der Waals surface area contributed by atoms with Crippen LogP contribution in [-0.2, 0) is 11.0 Å². The molecule has 0 saturated carbocycles. The van der Waals surface area contributed by atoms with Crippen molar-refractivity contribution in [3.63, 3.8) is 0 Å². The Hall–Kier alpha value is -2.03. The summed E-state index contributed by atoms with van der Waals surface area (Å²) in [6, 6.07) is 5.16. The Morgan fingerprint density at radius 3 is 2.67 bits per heavy atom. The highest BCUT2D eigenvalue weighted by molar-refractivity contribution is 5.50. The van der Waals surface area contributed by atoms with Crippen LogP contribution in [0.15, 0.2) is 29.4 Å². The van der Waals surface area contributed by atoms with Crippen LogP contribution in [0, 0.1) is 5.21 Å². The van der Waals surface area contributed by atoms with Crippen molar-refractivity contribution >= 4 is 5.69 Å². The summed E-state index contributed by atoms with van der Waals surface area (Å²) < 4.78 is 38.3. The Morgan fingerprint density at radius 2 is 2.04 bits per heavy atom. The lowest BCUT2D eigenvalue weighted by Crippen LogP contribution is -2.33. The molecule has 1 heterocycles. The maximum absolute atomic E-state index is 12.8. The number of hydrogen-bond acceptors (Lipinski definition) is 4. The molecule has 2 rings (SSSR count). The van der Waals surface area contributed by atoms with Crippen LogP contribution in [0.25, 0.3) is 0 Å². The summed E-state index contributed by atoms with van der Waals surface area (Å²) in [5.74, 6) is 0. The van der Waals surface area contributed by atoms with Gasteiger partial charge in [-0.15, -0.1) is 0 Å². The van der Waals surface area contributed by atoms with Gasteiger partial charge in [0.2, 0.25) is 0 Å². The fraction of sp³-hybridized carbons (Fsp3) is 0.600. The van der Waals surface area contributed by atoms with Gasteiger partial charge in [-0.3, -0.25) is 0 Å². The van der Waals surface area contributed by atoms with E-state index in [0.717, 1.165) is 12.1 Å². The number of anilines is 1. The molecule has 1 saturated heterocycles. The van der Waals surface area contributed by atoms with Gasteiger partial charge in [-0.05, 0) is 51.0 Å². The largest absolute Gasteiger partial charge is 0.570 e. The van der Waals surface area contributed by atoms with E-state index in [0.29, 0.717) is 25.2 Å². The van der Waals surface area contributed by atoms with Gasteiger partial charge < -0.3 is 10.1 Å². The van der Waals surface area contributed by atoms with E-state index in [2.05, 4.69) is 10.7 Å². The number of halogens is 3. The molecule has 1 aromatic rings. The second-order valence-electron chi connectivity index (χ2n) is 6.66. The number of rotatable bonds is 4. The molecular formula is C15H21F3N4O2. The average Bonchev–Trinajstić information content (AvgIpc) is 2.91. The van der Waals surface area contributed by atoms with E-state index < -0.39 is 17.3 Å². The predicted octanol–water partition coefficient (Wildman–Crippen LogP) is 3.48. The summed E-state index contributed by atoms with van der Waals surface area (Å²) in [7, 11) is 0. The first-order chi connectivity index (χ1) is 11.0. The highest BCUT2D eigenvalue weighted by Crippen LogP contribution is 2.32. The first kappa shape index (κ1) is 18.3. The topological polar surface area (TPSA) is 62.9 Å². The van der Waals surface area contributed by atoms with E-state index in [1.807, 2.05) is 0 Å². The zero-order valence-electron chi connectivity index (χ0n) is 13.8. The number of nitrogens with zero attached hydrogens (tertiary/aromatic N) is 3. The number of nitrogens with one attached hydrogen (secondary N) is 1. The van der Waals surface area contributed by atoms with Crippen molar-refractivity contribution in [3.05, 3.63) is 35.0 Å². The summed E-state index contributed by atoms with van der Waals surface area (Å²) in [4.78, 5) is 7.31. The van der Waals surface area contributed by atoms with Crippen molar-refractivity contribution in [2.24, 2.45) is 5.11 Å². The minimum absolute atomic E-state index is 0.257. The third-order valence-corrected chi connectivity index (χ3v) is 3.37. The molecule has 0 unspecified atom stereocenters. The van der Waals surface area contributed by atoms with Crippen LogP contribution in [0.4, 0.5) is 18.9 Å². The highest BCUT2D eigenvalue weighted by atomic mass is 19.4. The second kappa shape index (κ2) is 6.84. The van der Waals surface area contributed by atoms with Gasteiger partial charge in [0.1, 0.15) is 11.6 Å². The molecule has 0 spiro atoms. The molecule has 0 radical (unpaired) electrons. The summed E-state index contributed by atoms with van der Waals surface area (Å²) >= 11 is 0. The molecule has 1 aliphatic heterocycles. The molecule has 0 aliphatic carbocycles. The van der Waals surface area contributed by atoms with Crippen molar-refractivity contribution in [3.8, 4) is 0 Å². The number of hydrogen-bond donors (Lipinski definition) is 1. The van der Waals surface area contributed by atoms with Crippen molar-refractivity contribution in [2.45, 2.75) is 45.0 Å². The Kier molecular flexibility index (Phi) is 5.22. The van der Waals surface area contributed by atoms with Crippen molar-refractivity contribution < 1.29 is 23.0 Å². The Balaban J connectivity index is 1.93. The predicted molar refractivity (Wildman–Crippen MR) is 82.1 cm³/mol. The van der Waals surface area contributed by atoms with E-state index >= 15 is 0 Å². The van der Waals surface area contributed by atoms with Gasteiger partial charge in [0.05, 0.1) is 10.5 Å². The van der Waals surface area contributed by atoms with Crippen LogP contribution < -0.4 is 10.5 Å². The van der Waals surface area contributed by atoms with Gasteiger partial charge in [0, 0.05) is 23.9 Å². The molecule has 9 heteroatoms. The Labute approximate surface area is 138 Å². The molecule has 0 amide bonds. The Morgan fingerprint density at radius 1 is 1.33 bits per heavy atom. The molecular weight excluding hydrogens is 325 g/mol. The smallest absolute Gasteiger partial charge is 0.416 e. The lowest BCUT2D eigenvalue weighted by molar-refractivity contribution is -0.652. The maximum Gasteiger partial charge on any atom is 0.416 e. The van der Waals surface area contributed by atoms with E-state index in [1.54, 1.807) is 31.7 Å². The van der Waals surface area contributed by atoms with Gasteiger partial charge in [0.25, 0.3) is 0 Å². The maximum atomic E-state index is 12.8. The second-order valence-corrected chi connectivity index (χ2v) is 6.66. The minimum atomic E-state index is -4.37. The first-order valence-electron chi connectivity index (χ1n) is 7.58. The average molecular weight is 346 g/mol. The monoisotopic (exact) mass is 346 g/mol. The highest BCUT2D eigenvalue weighted by Gasteiger charge is 2.32. The molecule has 1 fully saturated rings. The molecule has 6 nitrogen and oxygen atoms in total. The van der Waals surface area contributed by atoms with Crippen LogP contribution >= 0.6 is 0 Å². The molecule has 0 bridgehead atoms. The summed E-state index contributed by atoms with van der Waals surface area (Å²) in [5, 5.41) is 15.3. The van der Waals surface area contributed by atoms with E-state index in [4.69, 9.17) is 4.84 Å². The number of benzene rings is 1. The molecule has 1 aromatic carbocycles. The van der Waals surface area contributed by atoms with Crippen molar-refractivity contribution in [2.75, 3.05) is 18.0 Å². The molecule has 1 atom stereocenters. The number of alkyl halides is 3. The summed E-state index contributed by atoms with van der Waals surface area (Å²) in [5.41, 5.74) is 1.45.